The van der Waals surface area contributed by atoms with Crippen LogP contribution in [0.25, 0.3) is 0 Å². The summed E-state index contributed by atoms with van der Waals surface area (Å²) in [4.78, 5) is 3.85. The molecule has 0 aromatic carbocycles. The van der Waals surface area contributed by atoms with Gasteiger partial charge in [-0.15, -0.1) is 0 Å². The molecule has 0 bridgehead atoms. The van der Waals surface area contributed by atoms with Crippen LogP contribution in [0, 0.1) is 0 Å². The summed E-state index contributed by atoms with van der Waals surface area (Å²) < 4.78 is 6.33. The Bertz CT molecular complexity index is 386. The molecule has 94 valence electrons. The molecule has 6 heteroatoms. The van der Waals surface area contributed by atoms with Crippen LogP contribution in [0.2, 0.25) is 0 Å². The van der Waals surface area contributed by atoms with E-state index in [9.17, 15) is 5.11 Å². The zero-order valence-electron chi connectivity index (χ0n) is 9.96. The van der Waals surface area contributed by atoms with Crippen LogP contribution in [0.15, 0.2) is 15.7 Å². The largest absolute Gasteiger partial charge is 0.861 e. The van der Waals surface area contributed by atoms with Crippen molar-refractivity contribution in [3.8, 4) is 0 Å². The van der Waals surface area contributed by atoms with Crippen molar-refractivity contribution in [1.29, 1.82) is 0 Å². The molecule has 5 nitrogen and oxygen atoms in total. The highest BCUT2D eigenvalue weighted by molar-refractivity contribution is 8.00. The van der Waals surface area contributed by atoms with E-state index in [2.05, 4.69) is 10.3 Å². The Morgan fingerprint density at radius 3 is 3.00 bits per heavy atom. The van der Waals surface area contributed by atoms with Crippen molar-refractivity contribution in [3.63, 3.8) is 0 Å². The third-order valence-corrected chi connectivity index (χ3v) is 4.15. The molecule has 0 aliphatic heterocycles. The van der Waals surface area contributed by atoms with Crippen LogP contribution >= 0.6 is 11.8 Å². The molecule has 0 amide bonds. The van der Waals surface area contributed by atoms with Gasteiger partial charge in [-0.05, 0) is 18.7 Å². The van der Waals surface area contributed by atoms with Crippen molar-refractivity contribution in [2.75, 3.05) is 5.75 Å². The molecule has 1 heterocycles. The summed E-state index contributed by atoms with van der Waals surface area (Å²) in [5.74, 6) is 0.578. The Hall–Kier alpha value is -1.04. The first kappa shape index (κ1) is 12.4. The van der Waals surface area contributed by atoms with Gasteiger partial charge in [0.25, 0.3) is 6.20 Å². The van der Waals surface area contributed by atoms with Crippen molar-refractivity contribution in [3.05, 3.63) is 6.20 Å². The van der Waals surface area contributed by atoms with Crippen LogP contribution in [0.3, 0.4) is 0 Å². The normalized spacial score (nSPS) is 18.5. The summed E-state index contributed by atoms with van der Waals surface area (Å²) >= 11 is 1.72. The predicted octanol–water partition coefficient (Wildman–Crippen LogP) is 0.955. The summed E-state index contributed by atoms with van der Waals surface area (Å²) in [5, 5.41) is 15.8. The summed E-state index contributed by atoms with van der Waals surface area (Å²) in [7, 11) is 1.73. The average molecular weight is 255 g/mol. The smallest absolute Gasteiger partial charge is 0.320 e. The van der Waals surface area contributed by atoms with E-state index in [0.717, 1.165) is 0 Å². The summed E-state index contributed by atoms with van der Waals surface area (Å²) in [6.45, 7) is 0. The minimum atomic E-state index is -0.141. The zero-order chi connectivity index (χ0) is 12.1. The third-order valence-electron chi connectivity index (χ3n) is 2.79. The minimum absolute atomic E-state index is 0.141. The number of hydrogen-bond donors (Lipinski definition) is 0. The number of aliphatic imine (C=N–C) groups is 1. The first-order valence-electron chi connectivity index (χ1n) is 5.93. The second-order valence-corrected chi connectivity index (χ2v) is 5.58. The molecular formula is C11H17N3O2S. The molecule has 17 heavy (non-hydrogen) atoms. The van der Waals surface area contributed by atoms with Crippen molar-refractivity contribution in [1.82, 2.24) is 5.27 Å². The third kappa shape index (κ3) is 4.03. The van der Waals surface area contributed by atoms with Crippen LogP contribution in [0.1, 0.15) is 32.1 Å². The van der Waals surface area contributed by atoms with E-state index in [4.69, 9.17) is 4.52 Å². The lowest BCUT2D eigenvalue weighted by Crippen LogP contribution is -2.27. The molecule has 1 aliphatic rings. The number of thioether (sulfide) groups is 1. The fraction of sp³-hybridized carbons (Fsp3) is 0.727. The van der Waals surface area contributed by atoms with E-state index >= 15 is 0 Å². The van der Waals surface area contributed by atoms with E-state index in [1.807, 2.05) is 0 Å². The first-order valence-corrected chi connectivity index (χ1v) is 6.98. The second kappa shape index (κ2) is 6.05. The average Bonchev–Trinajstić information content (AvgIpc) is 2.73. The number of aromatic nitrogens is 2. The Kier molecular flexibility index (Phi) is 4.42. The van der Waals surface area contributed by atoms with Gasteiger partial charge in [0.05, 0.1) is 0 Å². The SMILES string of the molecule is C[n+]1cc(/N=C(\[O-])CSC2CCCCC2)on1. The monoisotopic (exact) mass is 255 g/mol. The van der Waals surface area contributed by atoms with Gasteiger partial charge < -0.3 is 5.11 Å². The van der Waals surface area contributed by atoms with E-state index in [1.54, 1.807) is 25.0 Å². The fourth-order valence-electron chi connectivity index (χ4n) is 1.94. The molecule has 1 fully saturated rings. The van der Waals surface area contributed by atoms with Gasteiger partial charge >= 0.3 is 5.88 Å². The van der Waals surface area contributed by atoms with E-state index in [0.29, 0.717) is 11.0 Å². The van der Waals surface area contributed by atoms with Gasteiger partial charge in [0.15, 0.2) is 12.3 Å². The first-order chi connectivity index (χ1) is 8.24. The molecule has 0 atom stereocenters. The molecule has 0 unspecified atom stereocenters. The molecule has 0 saturated heterocycles. The van der Waals surface area contributed by atoms with Crippen molar-refractivity contribution >= 4 is 23.5 Å². The zero-order valence-corrected chi connectivity index (χ0v) is 10.8. The lowest BCUT2D eigenvalue weighted by atomic mass is 10.0. The van der Waals surface area contributed by atoms with Crippen LogP contribution in [-0.2, 0) is 7.05 Å². The molecule has 0 N–H and O–H groups in total. The van der Waals surface area contributed by atoms with E-state index in [-0.39, 0.29) is 11.8 Å². The predicted molar refractivity (Wildman–Crippen MR) is 64.1 cm³/mol. The van der Waals surface area contributed by atoms with Gasteiger partial charge in [0.2, 0.25) is 0 Å². The number of rotatable bonds is 4. The van der Waals surface area contributed by atoms with Gasteiger partial charge in [-0.1, -0.05) is 23.9 Å². The highest BCUT2D eigenvalue weighted by atomic mass is 32.2. The maximum absolute atomic E-state index is 11.6. The molecule has 1 aromatic heterocycles. The van der Waals surface area contributed by atoms with E-state index in [1.165, 1.54) is 36.8 Å². The summed E-state index contributed by atoms with van der Waals surface area (Å²) in [6, 6.07) is 0. The fourth-order valence-corrected chi connectivity index (χ4v) is 3.05. The van der Waals surface area contributed by atoms with Gasteiger partial charge in [-0.25, -0.2) is 4.99 Å². The lowest BCUT2D eigenvalue weighted by Gasteiger charge is -2.22. The summed E-state index contributed by atoms with van der Waals surface area (Å²) in [6.07, 6.45) is 7.97. The van der Waals surface area contributed by atoms with Gasteiger partial charge in [-0.3, -0.25) is 4.52 Å². The standard InChI is InChI=1S/C11H17N3O2S/c1-14-7-11(16-13-14)12-10(15)8-17-9-5-3-2-4-6-9/h7,9H,2-6,8H2,1H3. The molecule has 1 saturated carbocycles. The molecule has 1 aromatic rings. The van der Waals surface area contributed by atoms with Crippen LogP contribution in [-0.4, -0.2) is 22.2 Å². The maximum atomic E-state index is 11.6. The molecule has 0 radical (unpaired) electrons. The van der Waals surface area contributed by atoms with Gasteiger partial charge in [-0.2, -0.15) is 11.8 Å². The van der Waals surface area contributed by atoms with Crippen LogP contribution < -0.4 is 9.79 Å². The maximum Gasteiger partial charge on any atom is 0.320 e. The Morgan fingerprint density at radius 1 is 1.59 bits per heavy atom. The number of nitrogens with zero attached hydrogens (tertiary/aromatic N) is 3. The van der Waals surface area contributed by atoms with Crippen molar-refractivity contribution in [2.24, 2.45) is 12.0 Å². The molecule has 2 rings (SSSR count). The van der Waals surface area contributed by atoms with E-state index < -0.39 is 0 Å². The molecule has 0 spiro atoms. The second-order valence-electron chi connectivity index (χ2n) is 4.29. The van der Waals surface area contributed by atoms with Gasteiger partial charge in [0, 0.05) is 11.0 Å². The van der Waals surface area contributed by atoms with Gasteiger partial charge in [0.1, 0.15) is 0 Å². The van der Waals surface area contributed by atoms with Crippen LogP contribution in [0.4, 0.5) is 5.88 Å². The number of hydrogen-bond acceptors (Lipinski definition) is 5. The summed E-state index contributed by atoms with van der Waals surface area (Å²) in [5.41, 5.74) is 0. The quantitative estimate of drug-likeness (QED) is 0.456. The number of aryl methyl sites for hydroxylation is 1. The highest BCUT2D eigenvalue weighted by Crippen LogP contribution is 2.28. The molecule has 1 aliphatic carbocycles. The minimum Gasteiger partial charge on any atom is -0.861 e. The Balaban J connectivity index is 1.80. The molecular weight excluding hydrogens is 238 g/mol. The van der Waals surface area contributed by atoms with Crippen LogP contribution in [0.5, 0.6) is 0 Å². The lowest BCUT2D eigenvalue weighted by molar-refractivity contribution is -0.739. The Morgan fingerprint density at radius 2 is 2.35 bits per heavy atom. The Labute approximate surface area is 105 Å². The topological polar surface area (TPSA) is 65.3 Å². The highest BCUT2D eigenvalue weighted by Gasteiger charge is 2.13. The van der Waals surface area contributed by atoms with Crippen molar-refractivity contribution < 1.29 is 14.3 Å². The van der Waals surface area contributed by atoms with Crippen molar-refractivity contribution in [2.45, 2.75) is 37.4 Å².